The first-order valence-electron chi connectivity index (χ1n) is 19.7. The number of rotatable bonds is 17. The van der Waals surface area contributed by atoms with Gasteiger partial charge in [-0.15, -0.1) is 11.8 Å². The summed E-state index contributed by atoms with van der Waals surface area (Å²) in [5.74, 6) is 1.19. The number of aryl methyl sites for hydroxylation is 3. The lowest BCUT2D eigenvalue weighted by molar-refractivity contribution is 0.0294. The Hall–Kier alpha value is -4.94. The van der Waals surface area contributed by atoms with Crippen LogP contribution < -0.4 is 9.47 Å². The SMILES string of the molecule is CCOC(=O)c1c(CCCOc2cccc3ccccc23)c2cccc(-c3c(COc4ccc(SC)cc4)nn(C)c3CBr)c2n1CCCN(C)C(=O)OC(C)(C)C. The highest BCUT2D eigenvalue weighted by Gasteiger charge is 2.29. The van der Waals surface area contributed by atoms with Crippen LogP contribution in [0.15, 0.2) is 89.8 Å². The molecule has 0 N–H and O–H groups in total. The van der Waals surface area contributed by atoms with E-state index in [1.54, 1.807) is 23.7 Å². The van der Waals surface area contributed by atoms with E-state index in [-0.39, 0.29) is 19.2 Å². The molecule has 4 aromatic carbocycles. The van der Waals surface area contributed by atoms with Crippen LogP contribution in [0.5, 0.6) is 11.5 Å². The Balaban J connectivity index is 1.41. The van der Waals surface area contributed by atoms with Gasteiger partial charge in [0.2, 0.25) is 0 Å². The number of esters is 1. The second-order valence-corrected chi connectivity index (χ2v) is 16.5. The maximum absolute atomic E-state index is 14.2. The molecule has 0 aliphatic rings. The van der Waals surface area contributed by atoms with Gasteiger partial charge in [-0.3, -0.25) is 4.68 Å². The average Bonchev–Trinajstić information content (AvgIpc) is 3.71. The second-order valence-electron chi connectivity index (χ2n) is 15.1. The van der Waals surface area contributed by atoms with Gasteiger partial charge in [-0.25, -0.2) is 9.59 Å². The molecule has 0 bridgehead atoms. The summed E-state index contributed by atoms with van der Waals surface area (Å²) in [6, 6.07) is 28.5. The molecule has 6 aromatic rings. The topological polar surface area (TPSA) is 97.0 Å². The van der Waals surface area contributed by atoms with Gasteiger partial charge in [0.25, 0.3) is 0 Å². The molecule has 0 unspecified atom stereocenters. The van der Waals surface area contributed by atoms with E-state index in [9.17, 15) is 9.59 Å². The second kappa shape index (κ2) is 19.2. The molecule has 0 radical (unpaired) electrons. The highest BCUT2D eigenvalue weighted by Crippen LogP contribution is 2.40. The van der Waals surface area contributed by atoms with Crippen LogP contribution in [-0.4, -0.2) is 70.0 Å². The number of carbonyl (C=O) groups excluding carboxylic acids is 2. The number of halogens is 1. The first-order valence-corrected chi connectivity index (χ1v) is 22.0. The number of nitrogens with zero attached hydrogens (tertiary/aromatic N) is 4. The van der Waals surface area contributed by atoms with Crippen molar-refractivity contribution in [1.82, 2.24) is 19.2 Å². The molecule has 0 saturated carbocycles. The molecule has 58 heavy (non-hydrogen) atoms. The van der Waals surface area contributed by atoms with E-state index in [0.29, 0.717) is 50.0 Å². The first kappa shape index (κ1) is 42.7. The number of hydrogen-bond acceptors (Lipinski definition) is 8. The van der Waals surface area contributed by atoms with Gasteiger partial charge < -0.3 is 28.4 Å². The third-order valence-corrected chi connectivity index (χ3v) is 11.2. The standard InChI is InChI=1S/C46H53BrN4O6S/c1-8-54-44(52)43-36(20-13-28-55-40-21-11-16-31-15-9-10-17-34(31)40)35-18-12-19-37(42(35)51(43)27-14-26-49(5)45(53)57-46(2,3)4)41-38(48-50(6)39(41)29-47)30-56-32-22-24-33(58-7)25-23-32/h9-12,15-19,21-25H,8,13-14,20,26-30H2,1-7H3. The molecule has 0 spiro atoms. The molecule has 2 heterocycles. The number of ether oxygens (including phenoxy) is 4. The smallest absolute Gasteiger partial charge is 0.410 e. The highest BCUT2D eigenvalue weighted by molar-refractivity contribution is 9.08. The zero-order valence-corrected chi connectivity index (χ0v) is 36.9. The first-order chi connectivity index (χ1) is 27.9. The van der Waals surface area contributed by atoms with Crippen LogP contribution in [0.1, 0.15) is 68.0 Å². The van der Waals surface area contributed by atoms with Crippen LogP contribution in [0.3, 0.4) is 0 Å². The fourth-order valence-electron chi connectivity index (χ4n) is 7.25. The minimum Gasteiger partial charge on any atom is -0.493 e. The van der Waals surface area contributed by atoms with E-state index >= 15 is 0 Å². The molecular formula is C46H53BrN4O6S. The quantitative estimate of drug-likeness (QED) is 0.0387. The molecule has 0 aliphatic heterocycles. The molecular weight excluding hydrogens is 816 g/mol. The van der Waals surface area contributed by atoms with Gasteiger partial charge in [0.05, 0.1) is 24.4 Å². The van der Waals surface area contributed by atoms with E-state index < -0.39 is 11.7 Å². The lowest BCUT2D eigenvalue weighted by atomic mass is 9.98. The summed E-state index contributed by atoms with van der Waals surface area (Å²) < 4.78 is 28.1. The van der Waals surface area contributed by atoms with Crippen molar-refractivity contribution in [2.45, 2.75) is 75.9 Å². The summed E-state index contributed by atoms with van der Waals surface area (Å²) in [7, 11) is 3.67. The van der Waals surface area contributed by atoms with Crippen LogP contribution in [0.4, 0.5) is 4.79 Å². The van der Waals surface area contributed by atoms with Crippen LogP contribution in [0.25, 0.3) is 32.8 Å². The minimum absolute atomic E-state index is 0.230. The lowest BCUT2D eigenvalue weighted by Crippen LogP contribution is -2.35. The van der Waals surface area contributed by atoms with Crippen molar-refractivity contribution in [3.63, 3.8) is 0 Å². The fraction of sp³-hybridized carbons (Fsp3) is 0.370. The number of hydrogen-bond donors (Lipinski definition) is 0. The predicted molar refractivity (Wildman–Crippen MR) is 237 cm³/mol. The van der Waals surface area contributed by atoms with Gasteiger partial charge in [0, 0.05) is 59.3 Å². The molecule has 1 amide bonds. The van der Waals surface area contributed by atoms with Crippen molar-refractivity contribution in [2.75, 3.05) is 33.1 Å². The monoisotopic (exact) mass is 868 g/mol. The fourth-order valence-corrected chi connectivity index (χ4v) is 8.30. The minimum atomic E-state index is -0.615. The predicted octanol–water partition coefficient (Wildman–Crippen LogP) is 10.8. The van der Waals surface area contributed by atoms with Crippen LogP contribution in [0.2, 0.25) is 0 Å². The van der Waals surface area contributed by atoms with E-state index in [0.717, 1.165) is 66.1 Å². The van der Waals surface area contributed by atoms with E-state index in [2.05, 4.69) is 50.8 Å². The van der Waals surface area contributed by atoms with Crippen LogP contribution >= 0.6 is 27.7 Å². The summed E-state index contributed by atoms with van der Waals surface area (Å²) in [6.07, 6.45) is 3.45. The highest BCUT2D eigenvalue weighted by atomic mass is 79.9. The Bertz CT molecular complexity index is 2360. The number of para-hydroxylation sites is 1. The summed E-state index contributed by atoms with van der Waals surface area (Å²) >= 11 is 5.43. The number of fused-ring (bicyclic) bond motifs is 2. The molecule has 0 atom stereocenters. The molecule has 0 saturated heterocycles. The van der Waals surface area contributed by atoms with Gasteiger partial charge in [-0.1, -0.05) is 70.5 Å². The summed E-state index contributed by atoms with van der Waals surface area (Å²) in [5, 5.41) is 8.65. The van der Waals surface area contributed by atoms with Crippen molar-refractivity contribution in [1.29, 1.82) is 0 Å². The average molecular weight is 870 g/mol. The number of thioether (sulfide) groups is 1. The lowest BCUT2D eigenvalue weighted by Gasteiger charge is -2.24. The number of carbonyl (C=O) groups is 2. The van der Waals surface area contributed by atoms with Gasteiger partial charge in [-0.2, -0.15) is 5.10 Å². The van der Waals surface area contributed by atoms with Gasteiger partial charge >= 0.3 is 12.1 Å². The molecule has 306 valence electrons. The van der Waals surface area contributed by atoms with E-state index in [1.165, 1.54) is 0 Å². The third-order valence-electron chi connectivity index (χ3n) is 9.88. The molecule has 0 aliphatic carbocycles. The zero-order valence-electron chi connectivity index (χ0n) is 34.5. The Kier molecular flexibility index (Phi) is 14.1. The Morgan fingerprint density at radius 3 is 2.36 bits per heavy atom. The normalized spacial score (nSPS) is 11.6. The third kappa shape index (κ3) is 9.84. The van der Waals surface area contributed by atoms with Crippen molar-refractivity contribution in [2.24, 2.45) is 7.05 Å². The van der Waals surface area contributed by atoms with Crippen molar-refractivity contribution in [3.8, 4) is 22.6 Å². The van der Waals surface area contributed by atoms with Gasteiger partial charge in [0.15, 0.2) is 0 Å². The van der Waals surface area contributed by atoms with Gasteiger partial charge in [0.1, 0.15) is 35.1 Å². The summed E-state index contributed by atoms with van der Waals surface area (Å²) in [4.78, 5) is 29.8. The van der Waals surface area contributed by atoms with Crippen molar-refractivity contribution < 1.29 is 28.5 Å². The molecule has 10 nitrogen and oxygen atoms in total. The molecule has 2 aromatic heterocycles. The van der Waals surface area contributed by atoms with Crippen LogP contribution in [-0.2, 0) is 41.4 Å². The van der Waals surface area contributed by atoms with E-state index in [4.69, 9.17) is 24.0 Å². The van der Waals surface area contributed by atoms with Crippen molar-refractivity contribution in [3.05, 3.63) is 108 Å². The maximum Gasteiger partial charge on any atom is 0.410 e. The van der Waals surface area contributed by atoms with Crippen LogP contribution in [0, 0.1) is 0 Å². The van der Waals surface area contributed by atoms with Gasteiger partial charge in [-0.05, 0) is 94.5 Å². The Labute approximate surface area is 353 Å². The summed E-state index contributed by atoms with van der Waals surface area (Å²) in [6.45, 7) is 9.18. The number of benzene rings is 4. The van der Waals surface area contributed by atoms with Crippen molar-refractivity contribution >= 4 is 61.4 Å². The maximum atomic E-state index is 14.2. The molecule has 12 heteroatoms. The Morgan fingerprint density at radius 2 is 1.64 bits per heavy atom. The number of amides is 1. The zero-order chi connectivity index (χ0) is 41.4. The Morgan fingerprint density at radius 1 is 0.914 bits per heavy atom. The number of alkyl halides is 1. The molecule has 6 rings (SSSR count). The van der Waals surface area contributed by atoms with E-state index in [1.807, 2.05) is 100 Å². The summed E-state index contributed by atoms with van der Waals surface area (Å²) in [5.41, 5.74) is 5.31. The molecule has 0 fully saturated rings. The number of aromatic nitrogens is 3. The largest absolute Gasteiger partial charge is 0.493 e.